The van der Waals surface area contributed by atoms with Crippen LogP contribution in [0.5, 0.6) is 0 Å². The summed E-state index contributed by atoms with van der Waals surface area (Å²) in [5.74, 6) is 0.935. The van der Waals surface area contributed by atoms with Gasteiger partial charge in [0.25, 0.3) is 0 Å². The van der Waals surface area contributed by atoms with E-state index in [1.807, 2.05) is 0 Å². The molecule has 0 amide bonds. The van der Waals surface area contributed by atoms with Gasteiger partial charge in [0.05, 0.1) is 0 Å². The predicted molar refractivity (Wildman–Crippen MR) is 62.3 cm³/mol. The second-order valence-electron chi connectivity index (χ2n) is 4.86. The van der Waals surface area contributed by atoms with Crippen molar-refractivity contribution in [3.63, 3.8) is 0 Å². The number of nitrogens with zero attached hydrogens (tertiary/aromatic N) is 1. The molecule has 1 atom stereocenters. The summed E-state index contributed by atoms with van der Waals surface area (Å²) in [6.07, 6.45) is 9.68. The molecule has 1 fully saturated rings. The van der Waals surface area contributed by atoms with E-state index in [-0.39, 0.29) is 0 Å². The molecule has 0 saturated heterocycles. The number of hydrogen-bond donors (Lipinski definition) is 1. The first-order valence-electron chi connectivity index (χ1n) is 6.12. The molecule has 0 spiro atoms. The average Bonchev–Trinajstić information content (AvgIpc) is 2.19. The summed E-state index contributed by atoms with van der Waals surface area (Å²) in [4.78, 5) is 2.41. The van der Waals surface area contributed by atoms with E-state index in [2.05, 4.69) is 19.0 Å². The fraction of sp³-hybridized carbons (Fsp3) is 1.00. The Balaban J connectivity index is 2.39. The Labute approximate surface area is 88.8 Å². The molecule has 0 aliphatic heterocycles. The molecule has 0 aromatic rings. The largest absolute Gasteiger partial charge is 0.330 e. The summed E-state index contributed by atoms with van der Waals surface area (Å²) in [6, 6.07) is 0.777. The highest BCUT2D eigenvalue weighted by atomic mass is 15.1. The fourth-order valence-electron chi connectivity index (χ4n) is 2.76. The quantitative estimate of drug-likeness (QED) is 0.734. The van der Waals surface area contributed by atoms with E-state index in [0.717, 1.165) is 18.5 Å². The monoisotopic (exact) mass is 198 g/mol. The summed E-state index contributed by atoms with van der Waals surface area (Å²) in [5, 5.41) is 0. The van der Waals surface area contributed by atoms with E-state index in [0.29, 0.717) is 0 Å². The van der Waals surface area contributed by atoms with Gasteiger partial charge in [0, 0.05) is 6.04 Å². The van der Waals surface area contributed by atoms with Gasteiger partial charge in [-0.25, -0.2) is 0 Å². The van der Waals surface area contributed by atoms with Gasteiger partial charge in [-0.05, 0) is 52.2 Å². The van der Waals surface area contributed by atoms with Crippen LogP contribution in [0.3, 0.4) is 0 Å². The summed E-state index contributed by atoms with van der Waals surface area (Å²) < 4.78 is 0. The van der Waals surface area contributed by atoms with Crippen molar-refractivity contribution >= 4 is 0 Å². The molecule has 1 aliphatic rings. The van der Waals surface area contributed by atoms with Crippen molar-refractivity contribution in [2.75, 3.05) is 20.6 Å². The Kier molecular flexibility index (Phi) is 5.49. The van der Waals surface area contributed by atoms with Crippen molar-refractivity contribution in [3.8, 4) is 0 Å². The van der Waals surface area contributed by atoms with Crippen LogP contribution in [-0.4, -0.2) is 31.6 Å². The van der Waals surface area contributed by atoms with Crippen LogP contribution in [0.2, 0.25) is 0 Å². The van der Waals surface area contributed by atoms with Crippen LogP contribution in [0.1, 0.15) is 44.9 Å². The number of hydrogen-bond acceptors (Lipinski definition) is 2. The van der Waals surface area contributed by atoms with Crippen molar-refractivity contribution in [1.82, 2.24) is 4.90 Å². The van der Waals surface area contributed by atoms with E-state index in [9.17, 15) is 0 Å². The average molecular weight is 198 g/mol. The minimum absolute atomic E-state index is 0.777. The van der Waals surface area contributed by atoms with E-state index in [4.69, 9.17) is 5.73 Å². The zero-order valence-electron chi connectivity index (χ0n) is 9.84. The van der Waals surface area contributed by atoms with Gasteiger partial charge in [-0.2, -0.15) is 0 Å². The minimum atomic E-state index is 0.777. The van der Waals surface area contributed by atoms with E-state index < -0.39 is 0 Å². The maximum atomic E-state index is 5.59. The minimum Gasteiger partial charge on any atom is -0.330 e. The second-order valence-corrected chi connectivity index (χ2v) is 4.86. The smallest absolute Gasteiger partial charge is 0.0118 e. The van der Waals surface area contributed by atoms with Gasteiger partial charge < -0.3 is 10.6 Å². The van der Waals surface area contributed by atoms with Crippen molar-refractivity contribution in [3.05, 3.63) is 0 Å². The van der Waals surface area contributed by atoms with Crippen LogP contribution in [-0.2, 0) is 0 Å². The van der Waals surface area contributed by atoms with Crippen LogP contribution in [0, 0.1) is 5.92 Å². The molecule has 1 unspecified atom stereocenters. The van der Waals surface area contributed by atoms with Gasteiger partial charge in [-0.15, -0.1) is 0 Å². The summed E-state index contributed by atoms with van der Waals surface area (Å²) in [5.41, 5.74) is 5.59. The lowest BCUT2D eigenvalue weighted by molar-refractivity contribution is 0.159. The molecule has 0 aromatic carbocycles. The third kappa shape index (κ3) is 3.58. The molecule has 14 heavy (non-hydrogen) atoms. The Hall–Kier alpha value is -0.0800. The topological polar surface area (TPSA) is 29.3 Å². The molecule has 2 heteroatoms. The zero-order chi connectivity index (χ0) is 10.4. The SMILES string of the molecule is CN(C)C(CCCN)C1CCCCC1. The highest BCUT2D eigenvalue weighted by Crippen LogP contribution is 2.30. The lowest BCUT2D eigenvalue weighted by Gasteiger charge is -2.34. The van der Waals surface area contributed by atoms with E-state index in [1.54, 1.807) is 0 Å². The molecule has 0 radical (unpaired) electrons. The zero-order valence-corrected chi connectivity index (χ0v) is 9.84. The van der Waals surface area contributed by atoms with Crippen LogP contribution in [0.25, 0.3) is 0 Å². The normalized spacial score (nSPS) is 21.4. The third-order valence-corrected chi connectivity index (χ3v) is 3.56. The number of rotatable bonds is 5. The lowest BCUT2D eigenvalue weighted by atomic mass is 9.82. The molecule has 1 saturated carbocycles. The van der Waals surface area contributed by atoms with Gasteiger partial charge in [-0.1, -0.05) is 19.3 Å². The molecule has 0 bridgehead atoms. The molecular formula is C12H26N2. The van der Waals surface area contributed by atoms with Gasteiger partial charge >= 0.3 is 0 Å². The van der Waals surface area contributed by atoms with E-state index >= 15 is 0 Å². The number of nitrogens with two attached hydrogens (primary N) is 1. The maximum Gasteiger partial charge on any atom is 0.0118 e. The molecule has 1 rings (SSSR count). The Morgan fingerprint density at radius 3 is 2.36 bits per heavy atom. The van der Waals surface area contributed by atoms with Gasteiger partial charge in [0.2, 0.25) is 0 Å². The third-order valence-electron chi connectivity index (χ3n) is 3.56. The standard InChI is InChI=1S/C12H26N2/c1-14(2)12(9-6-10-13)11-7-4-3-5-8-11/h11-12H,3-10,13H2,1-2H3. The van der Waals surface area contributed by atoms with Crippen molar-refractivity contribution < 1.29 is 0 Å². The molecule has 84 valence electrons. The molecule has 2 N–H and O–H groups in total. The first-order valence-corrected chi connectivity index (χ1v) is 6.12. The Morgan fingerprint density at radius 1 is 1.21 bits per heavy atom. The van der Waals surface area contributed by atoms with Gasteiger partial charge in [0.1, 0.15) is 0 Å². The van der Waals surface area contributed by atoms with Crippen LogP contribution in [0.4, 0.5) is 0 Å². The van der Waals surface area contributed by atoms with E-state index in [1.165, 1.54) is 44.9 Å². The highest BCUT2D eigenvalue weighted by molar-refractivity contribution is 4.79. The summed E-state index contributed by atoms with van der Waals surface area (Å²) >= 11 is 0. The van der Waals surface area contributed by atoms with Gasteiger partial charge in [0.15, 0.2) is 0 Å². The Bertz CT molecular complexity index is 139. The second kappa shape index (κ2) is 6.41. The summed E-state index contributed by atoms with van der Waals surface area (Å²) in [7, 11) is 4.44. The molecule has 1 aliphatic carbocycles. The first kappa shape index (κ1) is 12.0. The molecule has 0 heterocycles. The van der Waals surface area contributed by atoms with Crippen molar-refractivity contribution in [1.29, 1.82) is 0 Å². The molecule has 0 aromatic heterocycles. The highest BCUT2D eigenvalue weighted by Gasteiger charge is 2.24. The lowest BCUT2D eigenvalue weighted by Crippen LogP contribution is -2.36. The van der Waals surface area contributed by atoms with Crippen LogP contribution < -0.4 is 5.73 Å². The molecular weight excluding hydrogens is 172 g/mol. The van der Waals surface area contributed by atoms with Crippen LogP contribution >= 0.6 is 0 Å². The van der Waals surface area contributed by atoms with Crippen LogP contribution in [0.15, 0.2) is 0 Å². The molecule has 2 nitrogen and oxygen atoms in total. The fourth-order valence-corrected chi connectivity index (χ4v) is 2.76. The maximum absolute atomic E-state index is 5.59. The first-order chi connectivity index (χ1) is 6.75. The van der Waals surface area contributed by atoms with Crippen molar-refractivity contribution in [2.24, 2.45) is 11.7 Å². The van der Waals surface area contributed by atoms with Gasteiger partial charge in [-0.3, -0.25) is 0 Å². The predicted octanol–water partition coefficient (Wildman–Crippen LogP) is 2.24. The summed E-state index contributed by atoms with van der Waals surface area (Å²) in [6.45, 7) is 0.844. The Morgan fingerprint density at radius 2 is 1.86 bits per heavy atom. The van der Waals surface area contributed by atoms with Crippen molar-refractivity contribution in [2.45, 2.75) is 51.0 Å².